The number of hydrogen-bond donors (Lipinski definition) is 3. The third-order valence-corrected chi connectivity index (χ3v) is 5.60. The molecule has 8 heteroatoms. The Labute approximate surface area is 195 Å². The largest absolute Gasteiger partial charge is 0.348 e. The summed E-state index contributed by atoms with van der Waals surface area (Å²) in [6.07, 6.45) is 0. The van der Waals surface area contributed by atoms with Crippen LogP contribution in [0.4, 0.5) is 5.69 Å². The predicted molar refractivity (Wildman–Crippen MR) is 131 cm³/mol. The van der Waals surface area contributed by atoms with Gasteiger partial charge in [-0.25, -0.2) is 0 Å². The van der Waals surface area contributed by atoms with Crippen molar-refractivity contribution >= 4 is 40.6 Å². The van der Waals surface area contributed by atoms with Crippen LogP contribution < -0.4 is 16.2 Å². The third kappa shape index (κ3) is 4.75. The van der Waals surface area contributed by atoms with E-state index in [0.29, 0.717) is 45.6 Å². The fourth-order valence-corrected chi connectivity index (χ4v) is 3.86. The molecule has 0 radical (unpaired) electrons. The summed E-state index contributed by atoms with van der Waals surface area (Å²) >= 11 is 5.25. The number of carbonyl (C=O) groups excluding carboxylic acids is 2. The minimum Gasteiger partial charge on any atom is -0.348 e. The molecule has 0 spiro atoms. The molecule has 3 aromatic carbocycles. The van der Waals surface area contributed by atoms with E-state index in [1.165, 1.54) is 4.57 Å². The first-order valence-corrected chi connectivity index (χ1v) is 10.9. The van der Waals surface area contributed by atoms with Gasteiger partial charge in [-0.15, -0.1) is 0 Å². The standard InChI is InChI=1S/C25H22N4O3S/c1-2-29-24(32)19-13-12-17(14-21(19)28-25(29)33)22(30)27-20-11-7-6-10-18(20)23(31)26-15-16-8-4-3-5-9-16/h3-14H,2,15H2,1H3,(H,26,31)(H,27,30)(H,28,33). The second-order valence-electron chi connectivity index (χ2n) is 7.41. The molecule has 2 amide bonds. The van der Waals surface area contributed by atoms with Crippen LogP contribution in [0, 0.1) is 4.77 Å². The van der Waals surface area contributed by atoms with Crippen molar-refractivity contribution in [2.75, 3.05) is 5.32 Å². The number of aromatic nitrogens is 2. The Morgan fingerprint density at radius 2 is 1.70 bits per heavy atom. The average Bonchev–Trinajstić information content (AvgIpc) is 2.83. The molecule has 0 aliphatic carbocycles. The minimum absolute atomic E-state index is 0.205. The van der Waals surface area contributed by atoms with Crippen LogP contribution in [-0.2, 0) is 13.1 Å². The van der Waals surface area contributed by atoms with E-state index >= 15 is 0 Å². The first-order valence-electron chi connectivity index (χ1n) is 10.5. The molecule has 166 valence electrons. The van der Waals surface area contributed by atoms with Crippen LogP contribution in [0.1, 0.15) is 33.2 Å². The lowest BCUT2D eigenvalue weighted by molar-refractivity contribution is 0.0952. The van der Waals surface area contributed by atoms with E-state index in [-0.39, 0.29) is 11.5 Å². The molecule has 0 aliphatic heterocycles. The van der Waals surface area contributed by atoms with Crippen molar-refractivity contribution in [3.05, 3.63) is 105 Å². The number of fused-ring (bicyclic) bond motifs is 1. The molecular formula is C25H22N4O3S. The number of para-hydroxylation sites is 1. The number of rotatable bonds is 6. The summed E-state index contributed by atoms with van der Waals surface area (Å²) in [5.41, 5.74) is 2.33. The first-order chi connectivity index (χ1) is 16.0. The summed E-state index contributed by atoms with van der Waals surface area (Å²) in [6, 6.07) is 21.1. The van der Waals surface area contributed by atoms with E-state index in [4.69, 9.17) is 12.2 Å². The number of nitrogens with one attached hydrogen (secondary N) is 3. The average molecular weight is 459 g/mol. The van der Waals surface area contributed by atoms with Crippen molar-refractivity contribution < 1.29 is 9.59 Å². The van der Waals surface area contributed by atoms with Crippen LogP contribution in [0.2, 0.25) is 0 Å². The van der Waals surface area contributed by atoms with E-state index in [0.717, 1.165) is 5.56 Å². The molecule has 1 heterocycles. The Morgan fingerprint density at radius 3 is 2.45 bits per heavy atom. The normalized spacial score (nSPS) is 10.7. The Morgan fingerprint density at radius 1 is 0.970 bits per heavy atom. The maximum absolute atomic E-state index is 12.9. The molecule has 0 saturated carbocycles. The van der Waals surface area contributed by atoms with Crippen LogP contribution >= 0.6 is 12.2 Å². The highest BCUT2D eigenvalue weighted by Crippen LogP contribution is 2.18. The molecule has 0 fully saturated rings. The highest BCUT2D eigenvalue weighted by Gasteiger charge is 2.15. The maximum atomic E-state index is 12.9. The summed E-state index contributed by atoms with van der Waals surface area (Å²) in [5, 5.41) is 6.12. The Bertz CT molecular complexity index is 1460. The van der Waals surface area contributed by atoms with Gasteiger partial charge in [0.1, 0.15) is 0 Å². The molecule has 4 aromatic rings. The second kappa shape index (κ2) is 9.62. The van der Waals surface area contributed by atoms with Gasteiger partial charge in [0.25, 0.3) is 17.4 Å². The van der Waals surface area contributed by atoms with Crippen LogP contribution in [-0.4, -0.2) is 21.4 Å². The lowest BCUT2D eigenvalue weighted by Crippen LogP contribution is -2.25. The molecule has 3 N–H and O–H groups in total. The fraction of sp³-hybridized carbons (Fsp3) is 0.120. The van der Waals surface area contributed by atoms with Crippen molar-refractivity contribution in [2.24, 2.45) is 0 Å². The van der Waals surface area contributed by atoms with Crippen molar-refractivity contribution in [2.45, 2.75) is 20.0 Å². The van der Waals surface area contributed by atoms with E-state index < -0.39 is 5.91 Å². The van der Waals surface area contributed by atoms with Crippen molar-refractivity contribution in [3.63, 3.8) is 0 Å². The van der Waals surface area contributed by atoms with Crippen LogP contribution in [0.5, 0.6) is 0 Å². The lowest BCUT2D eigenvalue weighted by Gasteiger charge is -2.12. The highest BCUT2D eigenvalue weighted by atomic mass is 32.1. The van der Waals surface area contributed by atoms with E-state index in [9.17, 15) is 14.4 Å². The number of benzene rings is 3. The van der Waals surface area contributed by atoms with Crippen LogP contribution in [0.3, 0.4) is 0 Å². The molecule has 7 nitrogen and oxygen atoms in total. The zero-order valence-electron chi connectivity index (χ0n) is 17.9. The van der Waals surface area contributed by atoms with Gasteiger partial charge in [-0.3, -0.25) is 19.0 Å². The van der Waals surface area contributed by atoms with E-state index in [2.05, 4.69) is 15.6 Å². The Hall–Kier alpha value is -4.04. The minimum atomic E-state index is -0.404. The topological polar surface area (TPSA) is 96.0 Å². The number of carbonyl (C=O) groups is 2. The number of amides is 2. The number of nitrogens with zero attached hydrogens (tertiary/aromatic N) is 1. The molecule has 0 saturated heterocycles. The SMILES string of the molecule is CCn1c(=S)[nH]c2cc(C(=O)Nc3ccccc3C(=O)NCc3ccccc3)ccc2c1=O. The van der Waals surface area contributed by atoms with Gasteiger partial charge in [0.2, 0.25) is 0 Å². The van der Waals surface area contributed by atoms with Crippen molar-refractivity contribution in [3.8, 4) is 0 Å². The predicted octanol–water partition coefficient (Wildman–Crippen LogP) is 4.26. The van der Waals surface area contributed by atoms with E-state index in [1.54, 1.807) is 42.5 Å². The van der Waals surface area contributed by atoms with Crippen LogP contribution in [0.25, 0.3) is 10.9 Å². The fourth-order valence-electron chi connectivity index (χ4n) is 3.54. The molecule has 0 aliphatic rings. The van der Waals surface area contributed by atoms with E-state index in [1.807, 2.05) is 37.3 Å². The van der Waals surface area contributed by atoms with Crippen molar-refractivity contribution in [1.29, 1.82) is 0 Å². The molecule has 0 bridgehead atoms. The summed E-state index contributed by atoms with van der Waals surface area (Å²) in [6.45, 7) is 2.67. The lowest BCUT2D eigenvalue weighted by atomic mass is 10.1. The summed E-state index contributed by atoms with van der Waals surface area (Å²) in [7, 11) is 0. The van der Waals surface area contributed by atoms with Gasteiger partial charge < -0.3 is 15.6 Å². The number of aromatic amines is 1. The molecule has 33 heavy (non-hydrogen) atoms. The molecule has 0 unspecified atom stereocenters. The van der Waals surface area contributed by atoms with Gasteiger partial charge in [-0.05, 0) is 55.0 Å². The van der Waals surface area contributed by atoms with Crippen molar-refractivity contribution in [1.82, 2.24) is 14.9 Å². The molecule has 0 atom stereocenters. The third-order valence-electron chi connectivity index (χ3n) is 5.28. The summed E-state index contributed by atoms with van der Waals surface area (Å²) in [5.74, 6) is -0.698. The number of anilines is 1. The Kier molecular flexibility index (Phi) is 6.46. The number of H-pyrrole nitrogens is 1. The highest BCUT2D eigenvalue weighted by molar-refractivity contribution is 7.71. The van der Waals surface area contributed by atoms with Gasteiger partial charge in [0, 0.05) is 18.7 Å². The molecule has 4 rings (SSSR count). The first kappa shape index (κ1) is 22.2. The Balaban J connectivity index is 1.56. The maximum Gasteiger partial charge on any atom is 0.262 e. The monoisotopic (exact) mass is 458 g/mol. The van der Waals surface area contributed by atoms with Crippen LogP contribution in [0.15, 0.2) is 77.6 Å². The summed E-state index contributed by atoms with van der Waals surface area (Å²) in [4.78, 5) is 41.3. The van der Waals surface area contributed by atoms with Gasteiger partial charge >= 0.3 is 0 Å². The zero-order chi connectivity index (χ0) is 23.4. The molecule has 1 aromatic heterocycles. The zero-order valence-corrected chi connectivity index (χ0v) is 18.7. The van der Waals surface area contributed by atoms with Gasteiger partial charge in [-0.1, -0.05) is 42.5 Å². The van der Waals surface area contributed by atoms with Gasteiger partial charge in [0.05, 0.1) is 22.2 Å². The van der Waals surface area contributed by atoms with Gasteiger partial charge in [-0.2, -0.15) is 0 Å². The smallest absolute Gasteiger partial charge is 0.262 e. The number of hydrogen-bond acceptors (Lipinski definition) is 4. The second-order valence-corrected chi connectivity index (χ2v) is 7.79. The molecular weight excluding hydrogens is 436 g/mol. The van der Waals surface area contributed by atoms with Gasteiger partial charge in [0.15, 0.2) is 4.77 Å². The quantitative estimate of drug-likeness (QED) is 0.376. The summed E-state index contributed by atoms with van der Waals surface area (Å²) < 4.78 is 1.76.